The molecule has 0 aromatic heterocycles. The Kier molecular flexibility index (Phi) is 3.84. The highest BCUT2D eigenvalue weighted by Gasteiger charge is 2.16. The van der Waals surface area contributed by atoms with E-state index in [2.05, 4.69) is 5.32 Å². The van der Waals surface area contributed by atoms with Crippen molar-refractivity contribution in [2.45, 2.75) is 0 Å². The van der Waals surface area contributed by atoms with Gasteiger partial charge in [-0.25, -0.2) is 8.78 Å². The fraction of sp³-hybridized carbons (Fsp3) is 0.0714. The maximum Gasteiger partial charge on any atom is 0.259 e. The molecule has 2 N–H and O–H groups in total. The molecular formula is C14H11F2NO3. The molecule has 2 aromatic carbocycles. The number of hydrogen-bond acceptors (Lipinski definition) is 3. The van der Waals surface area contributed by atoms with Crippen LogP contribution in [0, 0.1) is 11.6 Å². The van der Waals surface area contributed by atoms with Crippen LogP contribution in [0.5, 0.6) is 11.5 Å². The number of halogens is 2. The number of nitrogens with one attached hydrogen (secondary N) is 1. The fourth-order valence-electron chi connectivity index (χ4n) is 1.62. The average Bonchev–Trinajstić information content (AvgIpc) is 2.43. The summed E-state index contributed by atoms with van der Waals surface area (Å²) < 4.78 is 31.8. The van der Waals surface area contributed by atoms with Crippen molar-refractivity contribution in [1.29, 1.82) is 0 Å². The second-order valence-electron chi connectivity index (χ2n) is 3.93. The van der Waals surface area contributed by atoms with Gasteiger partial charge in [0.15, 0.2) is 0 Å². The van der Waals surface area contributed by atoms with Crippen LogP contribution in [-0.2, 0) is 0 Å². The molecule has 0 saturated carbocycles. The van der Waals surface area contributed by atoms with Crippen molar-refractivity contribution >= 4 is 11.6 Å². The number of methoxy groups -OCH3 is 1. The second kappa shape index (κ2) is 5.56. The van der Waals surface area contributed by atoms with E-state index in [9.17, 15) is 18.7 Å². The summed E-state index contributed by atoms with van der Waals surface area (Å²) in [5.41, 5.74) is -0.716. The number of carbonyl (C=O) groups excluding carboxylic acids is 1. The van der Waals surface area contributed by atoms with Crippen LogP contribution in [0.3, 0.4) is 0 Å². The Labute approximate surface area is 113 Å². The lowest BCUT2D eigenvalue weighted by Crippen LogP contribution is -2.14. The van der Waals surface area contributed by atoms with Crippen LogP contribution in [0.25, 0.3) is 0 Å². The number of amides is 1. The lowest BCUT2D eigenvalue weighted by molar-refractivity contribution is 0.102. The summed E-state index contributed by atoms with van der Waals surface area (Å²) in [6.45, 7) is 0. The SMILES string of the molecule is COc1ccc(O)c(C(=O)Nc2c(F)cccc2F)c1. The molecule has 0 aliphatic heterocycles. The van der Waals surface area contributed by atoms with E-state index in [-0.39, 0.29) is 11.3 Å². The zero-order valence-electron chi connectivity index (χ0n) is 10.5. The Morgan fingerprint density at radius 2 is 1.85 bits per heavy atom. The lowest BCUT2D eigenvalue weighted by Gasteiger charge is -2.09. The maximum atomic E-state index is 13.4. The standard InChI is InChI=1S/C14H11F2NO3/c1-20-8-5-6-12(18)9(7-8)14(19)17-13-10(15)3-2-4-11(13)16/h2-7,18H,1H3,(H,17,19). The molecule has 6 heteroatoms. The van der Waals surface area contributed by atoms with E-state index in [1.807, 2.05) is 0 Å². The number of para-hydroxylation sites is 1. The first-order valence-corrected chi connectivity index (χ1v) is 5.65. The minimum Gasteiger partial charge on any atom is -0.507 e. The van der Waals surface area contributed by atoms with E-state index >= 15 is 0 Å². The number of carbonyl (C=O) groups is 1. The molecule has 104 valence electrons. The summed E-state index contributed by atoms with van der Waals surface area (Å²) >= 11 is 0. The zero-order chi connectivity index (χ0) is 14.7. The van der Waals surface area contributed by atoms with E-state index in [1.165, 1.54) is 31.4 Å². The van der Waals surface area contributed by atoms with Crippen LogP contribution in [0.15, 0.2) is 36.4 Å². The van der Waals surface area contributed by atoms with Crippen molar-refractivity contribution in [3.63, 3.8) is 0 Å². The Bertz CT molecular complexity index is 639. The van der Waals surface area contributed by atoms with Gasteiger partial charge in [0, 0.05) is 0 Å². The number of rotatable bonds is 3. The van der Waals surface area contributed by atoms with E-state index in [4.69, 9.17) is 4.74 Å². The Morgan fingerprint density at radius 1 is 1.20 bits per heavy atom. The minimum atomic E-state index is -0.902. The number of hydrogen-bond donors (Lipinski definition) is 2. The van der Waals surface area contributed by atoms with Gasteiger partial charge in [-0.2, -0.15) is 0 Å². The third-order valence-electron chi connectivity index (χ3n) is 2.65. The Morgan fingerprint density at radius 3 is 2.45 bits per heavy atom. The Balaban J connectivity index is 2.33. The van der Waals surface area contributed by atoms with Crippen LogP contribution in [0.1, 0.15) is 10.4 Å². The van der Waals surface area contributed by atoms with Crippen molar-refractivity contribution < 1.29 is 23.4 Å². The van der Waals surface area contributed by atoms with E-state index < -0.39 is 23.2 Å². The lowest BCUT2D eigenvalue weighted by atomic mass is 10.1. The summed E-state index contributed by atoms with van der Waals surface area (Å²) in [4.78, 5) is 11.9. The van der Waals surface area contributed by atoms with E-state index in [1.54, 1.807) is 0 Å². The van der Waals surface area contributed by atoms with E-state index in [0.29, 0.717) is 5.75 Å². The highest BCUT2D eigenvalue weighted by atomic mass is 19.1. The number of aromatic hydroxyl groups is 1. The molecule has 0 spiro atoms. The number of phenols is 1. The van der Waals surface area contributed by atoms with Crippen LogP contribution in [0.4, 0.5) is 14.5 Å². The van der Waals surface area contributed by atoms with Gasteiger partial charge < -0.3 is 15.2 Å². The van der Waals surface area contributed by atoms with Crippen molar-refractivity contribution in [2.75, 3.05) is 12.4 Å². The minimum absolute atomic E-state index is 0.146. The molecule has 4 nitrogen and oxygen atoms in total. The fourth-order valence-corrected chi connectivity index (χ4v) is 1.62. The van der Waals surface area contributed by atoms with Gasteiger partial charge in [0.05, 0.1) is 12.7 Å². The maximum absolute atomic E-state index is 13.4. The van der Waals surface area contributed by atoms with Crippen molar-refractivity contribution in [1.82, 2.24) is 0 Å². The van der Waals surface area contributed by atoms with Crippen LogP contribution in [-0.4, -0.2) is 18.1 Å². The van der Waals surface area contributed by atoms with Crippen LogP contribution in [0.2, 0.25) is 0 Å². The van der Waals surface area contributed by atoms with Crippen molar-refractivity contribution in [2.24, 2.45) is 0 Å². The smallest absolute Gasteiger partial charge is 0.259 e. The van der Waals surface area contributed by atoms with Crippen molar-refractivity contribution in [3.05, 3.63) is 53.6 Å². The molecule has 1 amide bonds. The molecule has 2 aromatic rings. The first kappa shape index (κ1) is 13.8. The van der Waals surface area contributed by atoms with E-state index in [0.717, 1.165) is 12.1 Å². The largest absolute Gasteiger partial charge is 0.507 e. The Hall–Kier alpha value is -2.63. The van der Waals surface area contributed by atoms with Gasteiger partial charge in [-0.1, -0.05) is 6.07 Å². The number of anilines is 1. The van der Waals surface area contributed by atoms with Gasteiger partial charge in [-0.05, 0) is 30.3 Å². The number of ether oxygens (including phenoxy) is 1. The molecule has 0 atom stereocenters. The number of phenolic OH excluding ortho intramolecular Hbond substituents is 1. The highest BCUT2D eigenvalue weighted by molar-refractivity contribution is 6.06. The van der Waals surface area contributed by atoms with Gasteiger partial charge >= 0.3 is 0 Å². The summed E-state index contributed by atoms with van der Waals surface area (Å²) in [6, 6.07) is 7.20. The molecule has 0 heterocycles. The zero-order valence-corrected chi connectivity index (χ0v) is 10.5. The van der Waals surface area contributed by atoms with Crippen LogP contribution < -0.4 is 10.1 Å². The average molecular weight is 279 g/mol. The van der Waals surface area contributed by atoms with Gasteiger partial charge in [0.1, 0.15) is 28.8 Å². The molecule has 0 fully saturated rings. The topological polar surface area (TPSA) is 58.6 Å². The predicted molar refractivity (Wildman–Crippen MR) is 69.0 cm³/mol. The molecule has 0 unspecified atom stereocenters. The molecule has 0 saturated heterocycles. The first-order chi connectivity index (χ1) is 9.52. The molecule has 0 bridgehead atoms. The third kappa shape index (κ3) is 2.69. The summed E-state index contributed by atoms with van der Waals surface area (Å²) in [7, 11) is 1.39. The van der Waals surface area contributed by atoms with Gasteiger partial charge in [0.2, 0.25) is 0 Å². The summed E-state index contributed by atoms with van der Waals surface area (Å²) in [6.07, 6.45) is 0. The number of benzene rings is 2. The molecule has 0 aliphatic carbocycles. The van der Waals surface area contributed by atoms with Gasteiger partial charge in [-0.15, -0.1) is 0 Å². The van der Waals surface area contributed by atoms with Crippen molar-refractivity contribution in [3.8, 4) is 11.5 Å². The van der Waals surface area contributed by atoms with Crippen LogP contribution >= 0.6 is 0 Å². The quantitative estimate of drug-likeness (QED) is 0.908. The van der Waals surface area contributed by atoms with Gasteiger partial charge in [0.25, 0.3) is 5.91 Å². The highest BCUT2D eigenvalue weighted by Crippen LogP contribution is 2.25. The molecule has 20 heavy (non-hydrogen) atoms. The molecular weight excluding hydrogens is 268 g/mol. The summed E-state index contributed by atoms with van der Waals surface area (Å²) in [5.74, 6) is -2.63. The monoisotopic (exact) mass is 279 g/mol. The second-order valence-corrected chi connectivity index (χ2v) is 3.93. The normalized spacial score (nSPS) is 10.2. The molecule has 2 rings (SSSR count). The third-order valence-corrected chi connectivity index (χ3v) is 2.65. The first-order valence-electron chi connectivity index (χ1n) is 5.65. The predicted octanol–water partition coefficient (Wildman–Crippen LogP) is 2.93. The summed E-state index contributed by atoms with van der Waals surface area (Å²) in [5, 5.41) is 11.7. The molecule has 0 radical (unpaired) electrons. The molecule has 0 aliphatic rings. The van der Waals surface area contributed by atoms with Gasteiger partial charge in [-0.3, -0.25) is 4.79 Å².